The first-order valence-electron chi connectivity index (χ1n) is 7.21. The molecule has 1 aliphatic rings. The van der Waals surface area contributed by atoms with Gasteiger partial charge in [-0.15, -0.1) is 0 Å². The van der Waals surface area contributed by atoms with Crippen LogP contribution in [0, 0.1) is 0 Å². The molecule has 7 heteroatoms. The Kier molecular flexibility index (Phi) is 4.94. The van der Waals surface area contributed by atoms with E-state index in [0.29, 0.717) is 11.9 Å². The maximum Gasteiger partial charge on any atom is 0.232 e. The zero-order valence-corrected chi connectivity index (χ0v) is 12.9. The van der Waals surface area contributed by atoms with Crippen molar-refractivity contribution in [3.8, 4) is 0 Å². The highest BCUT2D eigenvalue weighted by Gasteiger charge is 2.17. The van der Waals surface area contributed by atoms with Crippen molar-refractivity contribution in [3.63, 3.8) is 0 Å². The van der Waals surface area contributed by atoms with Gasteiger partial charge in [-0.1, -0.05) is 0 Å². The quantitative estimate of drug-likeness (QED) is 0.861. The average Bonchev–Trinajstić information content (AvgIpc) is 2.63. The van der Waals surface area contributed by atoms with Gasteiger partial charge >= 0.3 is 0 Å². The fourth-order valence-electron chi connectivity index (χ4n) is 2.18. The van der Waals surface area contributed by atoms with Crippen molar-refractivity contribution < 1.29 is 0 Å². The van der Waals surface area contributed by atoms with Crippen molar-refractivity contribution in [1.82, 2.24) is 19.9 Å². The smallest absolute Gasteiger partial charge is 0.232 e. The first-order chi connectivity index (χ1) is 9.60. The molecule has 0 bridgehead atoms. The van der Waals surface area contributed by atoms with Gasteiger partial charge in [-0.05, 0) is 26.9 Å². The lowest BCUT2D eigenvalue weighted by Gasteiger charge is -2.22. The highest BCUT2D eigenvalue weighted by atomic mass is 15.4. The molecule has 0 spiro atoms. The molecule has 1 aromatic rings. The number of hydrogen-bond donors (Lipinski definition) is 1. The number of hydrogen-bond acceptors (Lipinski definition) is 7. The topological polar surface area (TPSA) is 60.4 Å². The van der Waals surface area contributed by atoms with Crippen LogP contribution in [0.5, 0.6) is 0 Å². The van der Waals surface area contributed by atoms with Gasteiger partial charge in [0.1, 0.15) is 0 Å². The number of anilines is 3. The van der Waals surface area contributed by atoms with Gasteiger partial charge in [0.15, 0.2) is 0 Å². The normalized spacial score (nSPS) is 16.9. The largest absolute Gasteiger partial charge is 0.354 e. The molecule has 1 aromatic heterocycles. The predicted octanol–water partition coefficient (Wildman–Crippen LogP) is 0.511. The summed E-state index contributed by atoms with van der Waals surface area (Å²) in [7, 11) is 6.06. The molecule has 0 atom stereocenters. The Labute approximate surface area is 121 Å². The summed E-state index contributed by atoms with van der Waals surface area (Å²) in [5.74, 6) is 2.12. The molecule has 2 heterocycles. The second-order valence-corrected chi connectivity index (χ2v) is 5.33. The van der Waals surface area contributed by atoms with E-state index in [-0.39, 0.29) is 0 Å². The molecule has 1 saturated heterocycles. The van der Waals surface area contributed by atoms with Crippen molar-refractivity contribution in [2.24, 2.45) is 0 Å². The van der Waals surface area contributed by atoms with Crippen LogP contribution in [0.1, 0.15) is 13.3 Å². The average molecular weight is 279 g/mol. The molecule has 0 aromatic carbocycles. The molecule has 1 N–H and O–H groups in total. The van der Waals surface area contributed by atoms with Gasteiger partial charge in [-0.25, -0.2) is 0 Å². The highest BCUT2D eigenvalue weighted by Crippen LogP contribution is 2.16. The van der Waals surface area contributed by atoms with E-state index in [9.17, 15) is 0 Å². The third kappa shape index (κ3) is 3.69. The lowest BCUT2D eigenvalue weighted by molar-refractivity contribution is 0.360. The van der Waals surface area contributed by atoms with Crippen molar-refractivity contribution in [1.29, 1.82) is 0 Å². The summed E-state index contributed by atoms with van der Waals surface area (Å²) in [5.41, 5.74) is 0. The second-order valence-electron chi connectivity index (χ2n) is 5.33. The van der Waals surface area contributed by atoms with E-state index in [0.717, 1.165) is 45.1 Å². The number of nitrogens with one attached hydrogen (secondary N) is 1. The Morgan fingerprint density at radius 2 is 1.90 bits per heavy atom. The van der Waals surface area contributed by atoms with Gasteiger partial charge < -0.3 is 20.0 Å². The van der Waals surface area contributed by atoms with Crippen LogP contribution in [0.2, 0.25) is 0 Å². The van der Waals surface area contributed by atoms with Crippen LogP contribution in [0.3, 0.4) is 0 Å². The molecular formula is C13H25N7. The molecule has 0 saturated carbocycles. The van der Waals surface area contributed by atoms with Gasteiger partial charge in [-0.3, -0.25) is 0 Å². The number of likely N-dealkylation sites (N-methyl/N-ethyl adjacent to an activating group) is 1. The van der Waals surface area contributed by atoms with Gasteiger partial charge in [-0.2, -0.15) is 15.0 Å². The molecule has 20 heavy (non-hydrogen) atoms. The zero-order valence-electron chi connectivity index (χ0n) is 12.9. The van der Waals surface area contributed by atoms with Gasteiger partial charge in [0.05, 0.1) is 0 Å². The summed E-state index contributed by atoms with van der Waals surface area (Å²) in [6.45, 7) is 6.96. The molecule has 0 unspecified atom stereocenters. The molecule has 1 fully saturated rings. The standard InChI is InChI=1S/C13H25N7/c1-5-14-11-15-12(18(2)3)17-13(16-11)20-8-6-7-19(4)9-10-20/h5-10H2,1-4H3,(H,14,15,16,17). The van der Waals surface area contributed by atoms with Crippen molar-refractivity contribution >= 4 is 17.8 Å². The van der Waals surface area contributed by atoms with Gasteiger partial charge in [0, 0.05) is 40.3 Å². The van der Waals surface area contributed by atoms with Crippen LogP contribution < -0.4 is 15.1 Å². The highest BCUT2D eigenvalue weighted by molar-refractivity contribution is 5.44. The fraction of sp³-hybridized carbons (Fsp3) is 0.769. The maximum atomic E-state index is 4.58. The predicted molar refractivity (Wildman–Crippen MR) is 82.6 cm³/mol. The fourth-order valence-corrected chi connectivity index (χ4v) is 2.18. The van der Waals surface area contributed by atoms with E-state index in [1.54, 1.807) is 0 Å². The van der Waals surface area contributed by atoms with Gasteiger partial charge in [0.2, 0.25) is 17.8 Å². The van der Waals surface area contributed by atoms with Crippen molar-refractivity contribution in [2.45, 2.75) is 13.3 Å². The maximum absolute atomic E-state index is 4.58. The third-order valence-corrected chi connectivity index (χ3v) is 3.35. The molecule has 2 rings (SSSR count). The van der Waals surface area contributed by atoms with Crippen LogP contribution in [0.25, 0.3) is 0 Å². The SMILES string of the molecule is CCNc1nc(N(C)C)nc(N2CCCN(C)CC2)n1. The summed E-state index contributed by atoms with van der Waals surface area (Å²) in [6.07, 6.45) is 1.13. The number of aromatic nitrogens is 3. The van der Waals surface area contributed by atoms with Crippen LogP contribution >= 0.6 is 0 Å². The third-order valence-electron chi connectivity index (χ3n) is 3.35. The summed E-state index contributed by atoms with van der Waals surface area (Å²) in [6, 6.07) is 0. The Morgan fingerprint density at radius 3 is 2.60 bits per heavy atom. The van der Waals surface area contributed by atoms with E-state index in [2.05, 4.69) is 37.1 Å². The van der Waals surface area contributed by atoms with Crippen LogP contribution in [0.15, 0.2) is 0 Å². The summed E-state index contributed by atoms with van der Waals surface area (Å²) >= 11 is 0. The lowest BCUT2D eigenvalue weighted by atomic mass is 10.4. The first kappa shape index (κ1) is 14.8. The Bertz CT molecular complexity index is 435. The van der Waals surface area contributed by atoms with Crippen molar-refractivity contribution in [3.05, 3.63) is 0 Å². The lowest BCUT2D eigenvalue weighted by Crippen LogP contribution is -2.31. The van der Waals surface area contributed by atoms with E-state index in [1.807, 2.05) is 25.9 Å². The van der Waals surface area contributed by atoms with Crippen LogP contribution in [-0.2, 0) is 0 Å². The zero-order chi connectivity index (χ0) is 14.5. The first-order valence-corrected chi connectivity index (χ1v) is 7.21. The molecule has 0 aliphatic carbocycles. The van der Waals surface area contributed by atoms with Gasteiger partial charge in [0.25, 0.3) is 0 Å². The second kappa shape index (κ2) is 6.69. The number of rotatable bonds is 4. The molecule has 7 nitrogen and oxygen atoms in total. The molecule has 0 radical (unpaired) electrons. The molecule has 0 amide bonds. The Morgan fingerprint density at radius 1 is 1.10 bits per heavy atom. The molecule has 112 valence electrons. The minimum atomic E-state index is 0.652. The number of nitrogens with zero attached hydrogens (tertiary/aromatic N) is 6. The minimum Gasteiger partial charge on any atom is -0.354 e. The summed E-state index contributed by atoms with van der Waals surface area (Å²) in [4.78, 5) is 20.0. The Hall–Kier alpha value is -1.63. The monoisotopic (exact) mass is 279 g/mol. The summed E-state index contributed by atoms with van der Waals surface area (Å²) in [5, 5.41) is 3.18. The van der Waals surface area contributed by atoms with E-state index in [1.165, 1.54) is 0 Å². The van der Waals surface area contributed by atoms with E-state index in [4.69, 9.17) is 0 Å². The molecular weight excluding hydrogens is 254 g/mol. The Balaban J connectivity index is 2.24. The summed E-state index contributed by atoms with van der Waals surface area (Å²) < 4.78 is 0. The van der Waals surface area contributed by atoms with Crippen LogP contribution in [-0.4, -0.2) is 73.7 Å². The van der Waals surface area contributed by atoms with Crippen LogP contribution in [0.4, 0.5) is 17.8 Å². The van der Waals surface area contributed by atoms with E-state index < -0.39 is 0 Å². The van der Waals surface area contributed by atoms with Crippen molar-refractivity contribution in [2.75, 3.05) is 69.0 Å². The molecule has 1 aliphatic heterocycles. The minimum absolute atomic E-state index is 0.652. The van der Waals surface area contributed by atoms with E-state index >= 15 is 0 Å².